The molecule has 0 saturated carbocycles. The minimum atomic E-state index is -0.275. The first-order chi connectivity index (χ1) is 8.08. The van der Waals surface area contributed by atoms with Gasteiger partial charge in [0, 0.05) is 19.5 Å². The van der Waals surface area contributed by atoms with Gasteiger partial charge in [-0.1, -0.05) is 35.9 Å². The van der Waals surface area contributed by atoms with Crippen molar-refractivity contribution in [1.29, 1.82) is 0 Å². The van der Waals surface area contributed by atoms with Crippen molar-refractivity contribution >= 4 is 28.3 Å². The van der Waals surface area contributed by atoms with Crippen LogP contribution in [0.1, 0.15) is 10.5 Å². The van der Waals surface area contributed by atoms with Crippen molar-refractivity contribution in [3.63, 3.8) is 0 Å². The third-order valence-electron chi connectivity index (χ3n) is 2.25. The number of aromatic nitrogens is 1. The van der Waals surface area contributed by atoms with E-state index in [0.717, 1.165) is 10.8 Å². The number of fused-ring (bicyclic) bond motifs is 1. The molecule has 1 amide bonds. The Kier molecular flexibility index (Phi) is 3.26. The highest BCUT2D eigenvalue weighted by atomic mass is 35.5. The summed E-state index contributed by atoms with van der Waals surface area (Å²) >= 11 is 6.04. The smallest absolute Gasteiger partial charge is 0.284 e. The fourth-order valence-corrected chi connectivity index (χ4v) is 1.80. The second-order valence-electron chi connectivity index (χ2n) is 3.85. The van der Waals surface area contributed by atoms with Crippen molar-refractivity contribution in [2.75, 3.05) is 14.1 Å². The van der Waals surface area contributed by atoms with Gasteiger partial charge in [-0.05, 0) is 11.5 Å². The van der Waals surface area contributed by atoms with Crippen LogP contribution in [0.4, 0.5) is 0 Å². The number of carbonyl (C=O) groups excluding carboxylic acids is 1. The summed E-state index contributed by atoms with van der Waals surface area (Å²) in [7, 11) is 3.47. The van der Waals surface area contributed by atoms with Gasteiger partial charge in [-0.2, -0.15) is 0 Å². The molecule has 0 spiro atoms. The molecule has 0 atom stereocenters. The SMILES string of the molecule is CN(C)NC(=O)c1cc2ccccc2c(Cl)n1. The van der Waals surface area contributed by atoms with E-state index in [9.17, 15) is 4.79 Å². The number of amides is 1. The number of hydrazine groups is 1. The molecule has 2 aromatic rings. The number of rotatable bonds is 2. The Bertz CT molecular complexity index is 569. The van der Waals surface area contributed by atoms with E-state index in [-0.39, 0.29) is 5.91 Å². The van der Waals surface area contributed by atoms with Crippen LogP contribution in [0.3, 0.4) is 0 Å². The highest BCUT2D eigenvalue weighted by Gasteiger charge is 2.11. The molecule has 2 rings (SSSR count). The Morgan fingerprint density at radius 1 is 1.35 bits per heavy atom. The zero-order valence-corrected chi connectivity index (χ0v) is 10.3. The number of hydrogen-bond acceptors (Lipinski definition) is 3. The molecule has 1 aromatic heterocycles. The molecule has 0 aliphatic carbocycles. The first kappa shape index (κ1) is 11.8. The van der Waals surface area contributed by atoms with Gasteiger partial charge in [0.1, 0.15) is 10.8 Å². The van der Waals surface area contributed by atoms with E-state index in [0.29, 0.717) is 10.8 Å². The number of nitrogens with one attached hydrogen (secondary N) is 1. The first-order valence-corrected chi connectivity index (χ1v) is 5.49. The molecule has 0 aliphatic rings. The molecule has 0 unspecified atom stereocenters. The van der Waals surface area contributed by atoms with Gasteiger partial charge >= 0.3 is 0 Å². The van der Waals surface area contributed by atoms with Crippen molar-refractivity contribution in [2.24, 2.45) is 0 Å². The van der Waals surface area contributed by atoms with Crippen LogP contribution in [0.25, 0.3) is 10.8 Å². The summed E-state index contributed by atoms with van der Waals surface area (Å²) in [5.41, 5.74) is 2.93. The van der Waals surface area contributed by atoms with Gasteiger partial charge in [0.15, 0.2) is 0 Å². The van der Waals surface area contributed by atoms with Crippen molar-refractivity contribution < 1.29 is 4.79 Å². The molecule has 1 aromatic carbocycles. The third kappa shape index (κ3) is 2.54. The van der Waals surface area contributed by atoms with Gasteiger partial charge in [-0.3, -0.25) is 10.2 Å². The summed E-state index contributed by atoms with van der Waals surface area (Å²) in [5, 5.41) is 3.64. The highest BCUT2D eigenvalue weighted by molar-refractivity contribution is 6.34. The van der Waals surface area contributed by atoms with E-state index < -0.39 is 0 Å². The molecule has 4 nitrogen and oxygen atoms in total. The fraction of sp³-hybridized carbons (Fsp3) is 0.167. The third-order valence-corrected chi connectivity index (χ3v) is 2.54. The lowest BCUT2D eigenvalue weighted by Crippen LogP contribution is -2.36. The summed E-state index contributed by atoms with van der Waals surface area (Å²) < 4.78 is 0. The molecule has 17 heavy (non-hydrogen) atoms. The maximum Gasteiger partial charge on any atom is 0.284 e. The predicted octanol–water partition coefficient (Wildman–Crippen LogP) is 2.09. The van der Waals surface area contributed by atoms with E-state index in [1.807, 2.05) is 24.3 Å². The topological polar surface area (TPSA) is 45.2 Å². The van der Waals surface area contributed by atoms with Crippen LogP contribution >= 0.6 is 11.6 Å². The molecule has 0 saturated heterocycles. The maximum absolute atomic E-state index is 11.8. The van der Waals surface area contributed by atoms with E-state index in [2.05, 4.69) is 10.4 Å². The Labute approximate surface area is 104 Å². The van der Waals surface area contributed by atoms with Crippen LogP contribution in [0.2, 0.25) is 5.15 Å². The summed E-state index contributed by atoms with van der Waals surface area (Å²) in [6.07, 6.45) is 0. The van der Waals surface area contributed by atoms with E-state index in [1.54, 1.807) is 25.2 Å². The molecule has 0 fully saturated rings. The van der Waals surface area contributed by atoms with Gasteiger partial charge in [-0.25, -0.2) is 9.99 Å². The van der Waals surface area contributed by atoms with Crippen molar-refractivity contribution in [2.45, 2.75) is 0 Å². The highest BCUT2D eigenvalue weighted by Crippen LogP contribution is 2.22. The largest absolute Gasteiger partial charge is 0.284 e. The summed E-state index contributed by atoms with van der Waals surface area (Å²) in [5.74, 6) is -0.275. The van der Waals surface area contributed by atoms with Crippen LogP contribution in [-0.4, -0.2) is 30.0 Å². The number of hydrogen-bond donors (Lipinski definition) is 1. The lowest BCUT2D eigenvalue weighted by Gasteiger charge is -2.11. The number of nitrogens with zero attached hydrogens (tertiary/aromatic N) is 2. The standard InChI is InChI=1S/C12H12ClN3O/c1-16(2)15-12(17)10-7-8-5-3-4-6-9(8)11(13)14-10/h3-7H,1-2H3,(H,15,17). The predicted molar refractivity (Wildman–Crippen MR) is 67.9 cm³/mol. The first-order valence-electron chi connectivity index (χ1n) is 5.11. The molecule has 0 radical (unpaired) electrons. The molecule has 88 valence electrons. The number of halogens is 1. The summed E-state index contributed by atoms with van der Waals surface area (Å²) in [6, 6.07) is 9.27. The number of benzene rings is 1. The van der Waals surface area contributed by atoms with Crippen molar-refractivity contribution in [1.82, 2.24) is 15.4 Å². The van der Waals surface area contributed by atoms with E-state index in [4.69, 9.17) is 11.6 Å². The number of carbonyl (C=O) groups is 1. The van der Waals surface area contributed by atoms with Crippen LogP contribution in [0, 0.1) is 0 Å². The Hall–Kier alpha value is -1.65. The minimum absolute atomic E-state index is 0.275. The molecular weight excluding hydrogens is 238 g/mol. The van der Waals surface area contributed by atoms with Gasteiger partial charge in [0.2, 0.25) is 0 Å². The molecule has 0 aliphatic heterocycles. The summed E-state index contributed by atoms with van der Waals surface area (Å²) in [4.78, 5) is 15.9. The normalized spacial score (nSPS) is 10.8. The molecule has 5 heteroatoms. The van der Waals surface area contributed by atoms with E-state index >= 15 is 0 Å². The Balaban J connectivity index is 2.46. The summed E-state index contributed by atoms with van der Waals surface area (Å²) in [6.45, 7) is 0. The zero-order chi connectivity index (χ0) is 12.4. The second-order valence-corrected chi connectivity index (χ2v) is 4.21. The zero-order valence-electron chi connectivity index (χ0n) is 9.57. The van der Waals surface area contributed by atoms with Crippen LogP contribution < -0.4 is 5.43 Å². The van der Waals surface area contributed by atoms with Crippen molar-refractivity contribution in [3.8, 4) is 0 Å². The van der Waals surface area contributed by atoms with Crippen LogP contribution in [-0.2, 0) is 0 Å². The van der Waals surface area contributed by atoms with Crippen LogP contribution in [0.15, 0.2) is 30.3 Å². The minimum Gasteiger partial charge on any atom is -0.284 e. The molecule has 1 heterocycles. The van der Waals surface area contributed by atoms with Crippen molar-refractivity contribution in [3.05, 3.63) is 41.2 Å². The Morgan fingerprint density at radius 3 is 2.76 bits per heavy atom. The van der Waals surface area contributed by atoms with Gasteiger partial charge in [0.05, 0.1) is 0 Å². The van der Waals surface area contributed by atoms with Gasteiger partial charge in [-0.15, -0.1) is 0 Å². The van der Waals surface area contributed by atoms with Gasteiger partial charge in [0.25, 0.3) is 5.91 Å². The average Bonchev–Trinajstić information content (AvgIpc) is 2.28. The fourth-order valence-electron chi connectivity index (χ4n) is 1.53. The van der Waals surface area contributed by atoms with Crippen LogP contribution in [0.5, 0.6) is 0 Å². The monoisotopic (exact) mass is 249 g/mol. The number of pyridine rings is 1. The van der Waals surface area contributed by atoms with Gasteiger partial charge < -0.3 is 0 Å². The second kappa shape index (κ2) is 4.69. The quantitative estimate of drug-likeness (QED) is 0.655. The lowest BCUT2D eigenvalue weighted by molar-refractivity contribution is 0.0852. The maximum atomic E-state index is 11.8. The average molecular weight is 250 g/mol. The van der Waals surface area contributed by atoms with E-state index in [1.165, 1.54) is 0 Å². The molecular formula is C12H12ClN3O. The molecule has 1 N–H and O–H groups in total. The molecule has 0 bridgehead atoms. The Morgan fingerprint density at radius 2 is 2.06 bits per heavy atom. The lowest BCUT2D eigenvalue weighted by atomic mass is 10.1.